The molecule has 0 spiro atoms. The van der Waals surface area contributed by atoms with Crippen LogP contribution in [0, 0.1) is 10.1 Å². The van der Waals surface area contributed by atoms with Gasteiger partial charge in [0.15, 0.2) is 5.75 Å². The highest BCUT2D eigenvalue weighted by Gasteiger charge is 2.19. The number of aromatic nitrogens is 2. The molecule has 0 unspecified atom stereocenters. The summed E-state index contributed by atoms with van der Waals surface area (Å²) < 4.78 is 12.0. The molecule has 132 valence electrons. The van der Waals surface area contributed by atoms with E-state index < -0.39 is 22.1 Å². The minimum absolute atomic E-state index is 0.00972. The number of ether oxygens (including phenoxy) is 2. The minimum Gasteiger partial charge on any atom is -0.490 e. The van der Waals surface area contributed by atoms with Crippen molar-refractivity contribution < 1.29 is 19.2 Å². The molecule has 1 heterocycles. The van der Waals surface area contributed by atoms with E-state index in [4.69, 9.17) is 9.47 Å². The predicted octanol–water partition coefficient (Wildman–Crippen LogP) is 0.358. The van der Waals surface area contributed by atoms with Crippen molar-refractivity contribution in [2.24, 2.45) is 14.1 Å². The molecule has 0 saturated heterocycles. The monoisotopic (exact) mass is 349 g/mol. The SMILES string of the molecule is COc1ccc(C(=O)OCc2cc(=O)n(C)c(=O)n2C)cc1[N+](=O)[O-]. The van der Waals surface area contributed by atoms with Crippen LogP contribution in [0.25, 0.3) is 0 Å². The normalized spacial score (nSPS) is 10.4. The fourth-order valence-electron chi connectivity index (χ4n) is 2.10. The van der Waals surface area contributed by atoms with Crippen molar-refractivity contribution in [3.8, 4) is 5.75 Å². The summed E-state index contributed by atoms with van der Waals surface area (Å²) >= 11 is 0. The summed E-state index contributed by atoms with van der Waals surface area (Å²) in [6, 6.07) is 4.80. The van der Waals surface area contributed by atoms with Gasteiger partial charge in [0.05, 0.1) is 23.3 Å². The second-order valence-electron chi connectivity index (χ2n) is 5.09. The minimum atomic E-state index is -0.834. The Kier molecular flexibility index (Phi) is 5.01. The van der Waals surface area contributed by atoms with Crippen molar-refractivity contribution in [1.29, 1.82) is 0 Å². The highest BCUT2D eigenvalue weighted by atomic mass is 16.6. The number of hydrogen-bond donors (Lipinski definition) is 0. The average Bonchev–Trinajstić information content (AvgIpc) is 2.60. The fraction of sp³-hybridized carbons (Fsp3) is 0.267. The molecule has 10 nitrogen and oxygen atoms in total. The molecule has 0 atom stereocenters. The van der Waals surface area contributed by atoms with Gasteiger partial charge in [-0.15, -0.1) is 0 Å². The zero-order valence-corrected chi connectivity index (χ0v) is 13.7. The number of carbonyl (C=O) groups is 1. The molecule has 2 rings (SSSR count). The molecular formula is C15H15N3O7. The Morgan fingerprint density at radius 3 is 2.48 bits per heavy atom. The van der Waals surface area contributed by atoms with Gasteiger partial charge in [-0.05, 0) is 12.1 Å². The molecule has 10 heteroatoms. The number of carbonyl (C=O) groups excluding carboxylic acids is 1. The van der Waals surface area contributed by atoms with E-state index in [1.807, 2.05) is 0 Å². The Hall–Kier alpha value is -3.43. The molecule has 0 fully saturated rings. The van der Waals surface area contributed by atoms with Crippen molar-refractivity contribution in [2.75, 3.05) is 7.11 Å². The first-order chi connectivity index (χ1) is 11.8. The lowest BCUT2D eigenvalue weighted by Gasteiger charge is -2.10. The van der Waals surface area contributed by atoms with Gasteiger partial charge in [0.1, 0.15) is 6.61 Å². The number of esters is 1. The van der Waals surface area contributed by atoms with Gasteiger partial charge in [-0.2, -0.15) is 0 Å². The third-order valence-electron chi connectivity index (χ3n) is 3.59. The molecule has 1 aromatic heterocycles. The summed E-state index contributed by atoms with van der Waals surface area (Å²) in [4.78, 5) is 45.8. The van der Waals surface area contributed by atoms with Crippen LogP contribution in [0.4, 0.5) is 5.69 Å². The lowest BCUT2D eigenvalue weighted by atomic mass is 10.2. The third kappa shape index (κ3) is 3.57. The molecular weight excluding hydrogens is 334 g/mol. The largest absolute Gasteiger partial charge is 0.490 e. The van der Waals surface area contributed by atoms with E-state index in [1.165, 1.54) is 44.0 Å². The second-order valence-corrected chi connectivity index (χ2v) is 5.09. The van der Waals surface area contributed by atoms with E-state index in [0.717, 1.165) is 10.6 Å². The van der Waals surface area contributed by atoms with Gasteiger partial charge in [-0.1, -0.05) is 0 Å². The predicted molar refractivity (Wildman–Crippen MR) is 85.7 cm³/mol. The Bertz CT molecular complexity index is 959. The maximum atomic E-state index is 12.1. The first kappa shape index (κ1) is 17.9. The van der Waals surface area contributed by atoms with Gasteiger partial charge in [-0.25, -0.2) is 9.59 Å². The average molecular weight is 349 g/mol. The van der Waals surface area contributed by atoms with Crippen LogP contribution in [0.1, 0.15) is 16.1 Å². The molecule has 0 amide bonds. The molecule has 0 aliphatic rings. The number of nitro groups is 1. The van der Waals surface area contributed by atoms with Crippen molar-refractivity contribution >= 4 is 11.7 Å². The Balaban J connectivity index is 2.24. The number of benzene rings is 1. The number of rotatable bonds is 5. The Labute approximate surface area is 141 Å². The topological polar surface area (TPSA) is 123 Å². The van der Waals surface area contributed by atoms with Crippen molar-refractivity contribution in [3.05, 3.63) is 66.5 Å². The van der Waals surface area contributed by atoms with E-state index in [-0.39, 0.29) is 29.3 Å². The van der Waals surface area contributed by atoms with Crippen LogP contribution in [0.3, 0.4) is 0 Å². The first-order valence-corrected chi connectivity index (χ1v) is 7.01. The smallest absolute Gasteiger partial charge is 0.338 e. The van der Waals surface area contributed by atoms with Crippen LogP contribution in [-0.4, -0.2) is 27.1 Å². The lowest BCUT2D eigenvalue weighted by Crippen LogP contribution is -2.38. The molecule has 0 saturated carbocycles. The van der Waals surface area contributed by atoms with Crippen LogP contribution in [0.2, 0.25) is 0 Å². The first-order valence-electron chi connectivity index (χ1n) is 7.01. The van der Waals surface area contributed by atoms with Crippen LogP contribution in [-0.2, 0) is 25.4 Å². The summed E-state index contributed by atoms with van der Waals surface area (Å²) in [6.07, 6.45) is 0. The fourth-order valence-corrected chi connectivity index (χ4v) is 2.10. The van der Waals surface area contributed by atoms with Crippen LogP contribution in [0.5, 0.6) is 5.75 Å². The Morgan fingerprint density at radius 2 is 1.88 bits per heavy atom. The van der Waals surface area contributed by atoms with E-state index in [9.17, 15) is 24.5 Å². The second kappa shape index (κ2) is 6.99. The van der Waals surface area contributed by atoms with Gasteiger partial charge < -0.3 is 9.47 Å². The zero-order valence-electron chi connectivity index (χ0n) is 13.7. The van der Waals surface area contributed by atoms with Crippen LogP contribution in [0.15, 0.2) is 33.9 Å². The van der Waals surface area contributed by atoms with Gasteiger partial charge in [0, 0.05) is 26.2 Å². The molecule has 25 heavy (non-hydrogen) atoms. The molecule has 2 aromatic rings. The van der Waals surface area contributed by atoms with E-state index in [1.54, 1.807) is 0 Å². The maximum Gasteiger partial charge on any atom is 0.338 e. The summed E-state index contributed by atoms with van der Waals surface area (Å²) in [6.45, 7) is -0.333. The summed E-state index contributed by atoms with van der Waals surface area (Å²) in [5.74, 6) is -0.825. The van der Waals surface area contributed by atoms with Crippen molar-refractivity contribution in [2.45, 2.75) is 6.61 Å². The Morgan fingerprint density at radius 1 is 1.20 bits per heavy atom. The van der Waals surface area contributed by atoms with Crippen LogP contribution < -0.4 is 16.0 Å². The summed E-state index contributed by atoms with van der Waals surface area (Å²) in [7, 11) is 4.04. The van der Waals surface area contributed by atoms with Gasteiger partial charge in [0.2, 0.25) is 0 Å². The molecule has 0 N–H and O–H groups in total. The standard InChI is InChI=1S/C15H15N3O7/c1-16-10(7-13(19)17(2)15(16)21)8-25-14(20)9-4-5-12(24-3)11(6-9)18(22)23/h4-7H,8H2,1-3H3. The van der Waals surface area contributed by atoms with Gasteiger partial charge in [0.25, 0.3) is 5.56 Å². The molecule has 0 aliphatic heterocycles. The molecule has 0 aliphatic carbocycles. The highest BCUT2D eigenvalue weighted by molar-refractivity contribution is 5.90. The van der Waals surface area contributed by atoms with Crippen molar-refractivity contribution in [3.63, 3.8) is 0 Å². The van der Waals surface area contributed by atoms with Crippen molar-refractivity contribution in [1.82, 2.24) is 9.13 Å². The zero-order chi connectivity index (χ0) is 18.7. The summed E-state index contributed by atoms with van der Waals surface area (Å²) in [5, 5.41) is 11.0. The van der Waals surface area contributed by atoms with E-state index in [2.05, 4.69) is 0 Å². The van der Waals surface area contributed by atoms with Crippen LogP contribution >= 0.6 is 0 Å². The molecule has 1 aromatic carbocycles. The van der Waals surface area contributed by atoms with Gasteiger partial charge in [-0.3, -0.25) is 24.0 Å². The quantitative estimate of drug-likeness (QED) is 0.434. The van der Waals surface area contributed by atoms with E-state index in [0.29, 0.717) is 0 Å². The number of hydrogen-bond acceptors (Lipinski definition) is 7. The number of nitrogens with zero attached hydrogens (tertiary/aromatic N) is 3. The highest BCUT2D eigenvalue weighted by Crippen LogP contribution is 2.27. The maximum absolute atomic E-state index is 12.1. The molecule has 0 radical (unpaired) electrons. The molecule has 0 bridgehead atoms. The van der Waals surface area contributed by atoms with E-state index >= 15 is 0 Å². The number of methoxy groups -OCH3 is 1. The van der Waals surface area contributed by atoms with Gasteiger partial charge >= 0.3 is 17.3 Å². The number of nitro benzene ring substituents is 1. The third-order valence-corrected chi connectivity index (χ3v) is 3.59. The lowest BCUT2D eigenvalue weighted by molar-refractivity contribution is -0.385. The summed E-state index contributed by atoms with van der Waals surface area (Å²) in [5.41, 5.74) is -1.32.